The molecule has 0 amide bonds. The minimum absolute atomic E-state index is 0.156. The van der Waals surface area contributed by atoms with Crippen molar-refractivity contribution in [1.29, 1.82) is 0 Å². The molecule has 1 heterocycles. The largest absolute Gasteiger partial charge is 0.393 e. The second-order valence-electron chi connectivity index (χ2n) is 4.90. The van der Waals surface area contributed by atoms with E-state index >= 15 is 0 Å². The van der Waals surface area contributed by atoms with Crippen molar-refractivity contribution >= 4 is 34.9 Å². The molecule has 5 heteroatoms. The first-order valence-corrected chi connectivity index (χ1v) is 7.02. The van der Waals surface area contributed by atoms with Gasteiger partial charge in [-0.05, 0) is 50.0 Å². The van der Waals surface area contributed by atoms with Crippen LogP contribution in [-0.2, 0) is 0 Å². The maximum atomic E-state index is 9.59. The molecule has 0 spiro atoms. The molecule has 0 saturated heterocycles. The van der Waals surface area contributed by atoms with Crippen LogP contribution in [-0.4, -0.2) is 20.8 Å². The second-order valence-corrected chi connectivity index (χ2v) is 5.69. The van der Waals surface area contributed by atoms with Gasteiger partial charge in [0.1, 0.15) is 0 Å². The number of para-hydroxylation sites is 1. The lowest BCUT2D eigenvalue weighted by atomic mass is 9.93. The van der Waals surface area contributed by atoms with E-state index in [1.807, 2.05) is 18.2 Å². The van der Waals surface area contributed by atoms with Crippen LogP contribution in [0.15, 0.2) is 18.2 Å². The van der Waals surface area contributed by atoms with Crippen LogP contribution in [0.1, 0.15) is 31.7 Å². The third-order valence-corrected chi connectivity index (χ3v) is 4.32. The van der Waals surface area contributed by atoms with Crippen LogP contribution in [0.3, 0.4) is 0 Å². The van der Waals surface area contributed by atoms with Gasteiger partial charge in [0.25, 0.3) is 0 Å². The number of nitrogens with zero attached hydrogens (tertiary/aromatic N) is 1. The molecule has 1 aliphatic carbocycles. The lowest BCUT2D eigenvalue weighted by Gasteiger charge is -2.27. The van der Waals surface area contributed by atoms with Crippen molar-refractivity contribution in [3.63, 3.8) is 0 Å². The molecule has 0 bridgehead atoms. The van der Waals surface area contributed by atoms with E-state index in [0.29, 0.717) is 6.04 Å². The van der Waals surface area contributed by atoms with Gasteiger partial charge in [-0.15, -0.1) is 0 Å². The lowest BCUT2D eigenvalue weighted by molar-refractivity contribution is 0.111. The number of aliphatic hydroxyl groups is 1. The zero-order valence-corrected chi connectivity index (χ0v) is 11.5. The fraction of sp³-hybridized carbons (Fsp3) is 0.462. The second kappa shape index (κ2) is 4.68. The summed E-state index contributed by atoms with van der Waals surface area (Å²) in [6.45, 7) is 0. The van der Waals surface area contributed by atoms with Gasteiger partial charge in [-0.2, -0.15) is 0 Å². The molecule has 1 aromatic carbocycles. The number of aromatic amines is 1. The molecular weight excluding hydrogens is 268 g/mol. The maximum Gasteiger partial charge on any atom is 0.178 e. The molecule has 96 valence electrons. The van der Waals surface area contributed by atoms with Crippen molar-refractivity contribution in [2.75, 3.05) is 0 Å². The molecule has 1 fully saturated rings. The summed E-state index contributed by atoms with van der Waals surface area (Å²) >= 11 is 11.7. The highest BCUT2D eigenvalue weighted by molar-refractivity contribution is 7.71. The van der Waals surface area contributed by atoms with Gasteiger partial charge in [-0.3, -0.25) is 0 Å². The highest BCUT2D eigenvalue weighted by atomic mass is 35.5. The first-order valence-electron chi connectivity index (χ1n) is 6.23. The van der Waals surface area contributed by atoms with Crippen LogP contribution in [0.2, 0.25) is 5.02 Å². The maximum absolute atomic E-state index is 9.59. The summed E-state index contributed by atoms with van der Waals surface area (Å²) in [5.41, 5.74) is 1.98. The molecule has 3 nitrogen and oxygen atoms in total. The number of aromatic nitrogens is 2. The van der Waals surface area contributed by atoms with Gasteiger partial charge in [0, 0.05) is 6.04 Å². The lowest BCUT2D eigenvalue weighted by Crippen LogP contribution is -2.21. The Morgan fingerprint density at radius 3 is 2.72 bits per heavy atom. The van der Waals surface area contributed by atoms with E-state index in [-0.39, 0.29) is 6.10 Å². The molecule has 1 aliphatic rings. The molecule has 0 atom stereocenters. The van der Waals surface area contributed by atoms with E-state index in [1.165, 1.54) is 0 Å². The number of rotatable bonds is 1. The molecule has 0 aliphatic heterocycles. The third kappa shape index (κ3) is 1.98. The first kappa shape index (κ1) is 12.2. The summed E-state index contributed by atoms with van der Waals surface area (Å²) in [7, 11) is 0. The fourth-order valence-electron chi connectivity index (χ4n) is 2.80. The van der Waals surface area contributed by atoms with Crippen molar-refractivity contribution in [2.45, 2.75) is 37.8 Å². The van der Waals surface area contributed by atoms with E-state index in [1.54, 1.807) is 0 Å². The number of imidazole rings is 1. The van der Waals surface area contributed by atoms with Crippen molar-refractivity contribution in [3.05, 3.63) is 28.0 Å². The molecule has 2 aromatic rings. The van der Waals surface area contributed by atoms with Crippen LogP contribution in [0, 0.1) is 4.77 Å². The Morgan fingerprint density at radius 1 is 1.28 bits per heavy atom. The number of aliphatic hydroxyl groups excluding tert-OH is 1. The summed E-state index contributed by atoms with van der Waals surface area (Å²) in [6, 6.07) is 6.14. The zero-order valence-electron chi connectivity index (χ0n) is 9.90. The number of hydrogen-bond donors (Lipinski definition) is 2. The summed E-state index contributed by atoms with van der Waals surface area (Å²) < 4.78 is 2.85. The number of benzene rings is 1. The third-order valence-electron chi connectivity index (χ3n) is 3.72. The zero-order chi connectivity index (χ0) is 12.7. The Hall–Kier alpha value is -0.840. The predicted octanol–water partition coefficient (Wildman–Crippen LogP) is 3.83. The average molecular weight is 283 g/mol. The van der Waals surface area contributed by atoms with E-state index in [0.717, 1.165) is 46.5 Å². The van der Waals surface area contributed by atoms with Crippen molar-refractivity contribution in [2.24, 2.45) is 0 Å². The van der Waals surface area contributed by atoms with Crippen molar-refractivity contribution < 1.29 is 5.11 Å². The first-order chi connectivity index (χ1) is 8.66. The van der Waals surface area contributed by atoms with E-state index < -0.39 is 0 Å². The number of fused-ring (bicyclic) bond motifs is 1. The quantitative estimate of drug-likeness (QED) is 0.781. The topological polar surface area (TPSA) is 41.0 Å². The Balaban J connectivity index is 2.11. The Morgan fingerprint density at radius 2 is 2.00 bits per heavy atom. The van der Waals surface area contributed by atoms with E-state index in [4.69, 9.17) is 23.8 Å². The van der Waals surface area contributed by atoms with Crippen LogP contribution >= 0.6 is 23.8 Å². The number of hydrogen-bond acceptors (Lipinski definition) is 2. The predicted molar refractivity (Wildman–Crippen MR) is 75.6 cm³/mol. The van der Waals surface area contributed by atoms with Gasteiger partial charge in [0.15, 0.2) is 4.77 Å². The Labute approximate surface area is 115 Å². The Kier molecular flexibility index (Phi) is 3.18. The summed E-state index contributed by atoms with van der Waals surface area (Å²) in [5.74, 6) is 0. The molecular formula is C13H15ClN2OS. The van der Waals surface area contributed by atoms with Gasteiger partial charge in [0.05, 0.1) is 22.2 Å². The standard InChI is InChI=1S/C13H15ClN2OS/c14-10-2-1-3-11-12(10)16(13(18)15-11)8-4-6-9(17)7-5-8/h1-3,8-9,17H,4-7H2,(H,15,18). The fourth-order valence-corrected chi connectivity index (χ4v) is 3.42. The summed E-state index contributed by atoms with van der Waals surface area (Å²) in [6.07, 6.45) is 3.42. The molecule has 1 aromatic heterocycles. The van der Waals surface area contributed by atoms with Gasteiger partial charge >= 0.3 is 0 Å². The van der Waals surface area contributed by atoms with Gasteiger partial charge < -0.3 is 14.7 Å². The number of halogens is 1. The van der Waals surface area contributed by atoms with Crippen LogP contribution < -0.4 is 0 Å². The van der Waals surface area contributed by atoms with Crippen molar-refractivity contribution in [3.8, 4) is 0 Å². The minimum Gasteiger partial charge on any atom is -0.393 e. The summed E-state index contributed by atoms with van der Waals surface area (Å²) in [5, 5.41) is 10.3. The number of nitrogens with one attached hydrogen (secondary N) is 1. The molecule has 2 N–H and O–H groups in total. The molecule has 3 rings (SSSR count). The van der Waals surface area contributed by atoms with Gasteiger partial charge in [-0.1, -0.05) is 17.7 Å². The van der Waals surface area contributed by atoms with Gasteiger partial charge in [-0.25, -0.2) is 0 Å². The van der Waals surface area contributed by atoms with Crippen LogP contribution in [0.4, 0.5) is 0 Å². The minimum atomic E-state index is -0.156. The SMILES string of the molecule is OC1CCC(n2c(=S)[nH]c3cccc(Cl)c32)CC1. The smallest absolute Gasteiger partial charge is 0.178 e. The van der Waals surface area contributed by atoms with E-state index in [9.17, 15) is 5.11 Å². The monoisotopic (exact) mass is 282 g/mol. The highest BCUT2D eigenvalue weighted by Crippen LogP contribution is 2.33. The normalized spacial score (nSPS) is 24.6. The van der Waals surface area contributed by atoms with E-state index in [2.05, 4.69) is 9.55 Å². The van der Waals surface area contributed by atoms with Crippen molar-refractivity contribution in [1.82, 2.24) is 9.55 Å². The number of H-pyrrole nitrogens is 1. The highest BCUT2D eigenvalue weighted by Gasteiger charge is 2.23. The van der Waals surface area contributed by atoms with Gasteiger partial charge in [0.2, 0.25) is 0 Å². The molecule has 0 radical (unpaired) electrons. The molecule has 1 saturated carbocycles. The average Bonchev–Trinajstić information content (AvgIpc) is 2.68. The van der Waals surface area contributed by atoms with Crippen LogP contribution in [0.5, 0.6) is 0 Å². The molecule has 18 heavy (non-hydrogen) atoms. The summed E-state index contributed by atoms with van der Waals surface area (Å²) in [4.78, 5) is 3.21. The van der Waals surface area contributed by atoms with Crippen LogP contribution in [0.25, 0.3) is 11.0 Å². The Bertz CT molecular complexity index is 625. The molecule has 0 unspecified atom stereocenters.